The summed E-state index contributed by atoms with van der Waals surface area (Å²) in [7, 11) is 0. The van der Waals surface area contributed by atoms with E-state index < -0.39 is 5.60 Å². The van der Waals surface area contributed by atoms with Gasteiger partial charge in [-0.1, -0.05) is 6.92 Å². The first-order valence-corrected chi connectivity index (χ1v) is 5.21. The van der Waals surface area contributed by atoms with Crippen molar-refractivity contribution in [3.63, 3.8) is 0 Å². The lowest BCUT2D eigenvalue weighted by molar-refractivity contribution is 0.0349. The highest BCUT2D eigenvalue weighted by Crippen LogP contribution is 2.07. The summed E-state index contributed by atoms with van der Waals surface area (Å²) in [6.45, 7) is 7.95. The maximum Gasteiger partial charge on any atom is 0.0726 e. The van der Waals surface area contributed by atoms with Crippen LogP contribution >= 0.6 is 0 Å². The van der Waals surface area contributed by atoms with Gasteiger partial charge in [-0.05, 0) is 20.4 Å². The third-order valence-electron chi connectivity index (χ3n) is 2.06. The van der Waals surface area contributed by atoms with E-state index in [4.69, 9.17) is 0 Å². The molecule has 0 amide bonds. The summed E-state index contributed by atoms with van der Waals surface area (Å²) in [5.74, 6) is 0. The predicted molar refractivity (Wildman–Crippen MR) is 59.3 cm³/mol. The summed E-state index contributed by atoms with van der Waals surface area (Å²) in [5, 5.41) is 9.72. The molecule has 4 nitrogen and oxygen atoms in total. The Morgan fingerprint density at radius 1 is 1.40 bits per heavy atom. The SMILES string of the molecule is CCN(Cc1cnccn1)CC(C)(C)O. The Hall–Kier alpha value is -1.00. The van der Waals surface area contributed by atoms with Gasteiger partial charge in [-0.2, -0.15) is 0 Å². The summed E-state index contributed by atoms with van der Waals surface area (Å²) in [4.78, 5) is 10.4. The monoisotopic (exact) mass is 209 g/mol. The number of aromatic nitrogens is 2. The van der Waals surface area contributed by atoms with E-state index in [0.29, 0.717) is 6.54 Å². The van der Waals surface area contributed by atoms with Gasteiger partial charge in [0.2, 0.25) is 0 Å². The molecular weight excluding hydrogens is 190 g/mol. The zero-order valence-corrected chi connectivity index (χ0v) is 9.64. The van der Waals surface area contributed by atoms with Gasteiger partial charge in [0.05, 0.1) is 11.3 Å². The quantitative estimate of drug-likeness (QED) is 0.788. The lowest BCUT2D eigenvalue weighted by atomic mass is 10.1. The van der Waals surface area contributed by atoms with Gasteiger partial charge < -0.3 is 5.11 Å². The number of aliphatic hydroxyl groups is 1. The van der Waals surface area contributed by atoms with E-state index in [-0.39, 0.29) is 0 Å². The molecule has 1 aromatic heterocycles. The molecule has 0 fully saturated rings. The van der Waals surface area contributed by atoms with Gasteiger partial charge in [-0.25, -0.2) is 0 Å². The Morgan fingerprint density at radius 3 is 2.60 bits per heavy atom. The van der Waals surface area contributed by atoms with E-state index in [1.54, 1.807) is 18.6 Å². The Morgan fingerprint density at radius 2 is 2.13 bits per heavy atom. The largest absolute Gasteiger partial charge is 0.389 e. The summed E-state index contributed by atoms with van der Waals surface area (Å²) in [6, 6.07) is 0. The number of nitrogens with zero attached hydrogens (tertiary/aromatic N) is 3. The van der Waals surface area contributed by atoms with E-state index in [9.17, 15) is 5.11 Å². The molecule has 0 aromatic carbocycles. The highest BCUT2D eigenvalue weighted by Gasteiger charge is 2.17. The van der Waals surface area contributed by atoms with Crippen molar-refractivity contribution in [1.82, 2.24) is 14.9 Å². The fraction of sp³-hybridized carbons (Fsp3) is 0.636. The zero-order chi connectivity index (χ0) is 11.3. The number of hydrogen-bond donors (Lipinski definition) is 1. The van der Waals surface area contributed by atoms with Crippen LogP contribution in [-0.2, 0) is 6.54 Å². The standard InChI is InChI=1S/C11H19N3O/c1-4-14(9-11(2,3)15)8-10-7-12-5-6-13-10/h5-7,15H,4,8-9H2,1-3H3. The van der Waals surface area contributed by atoms with E-state index >= 15 is 0 Å². The molecule has 84 valence electrons. The van der Waals surface area contributed by atoms with Gasteiger partial charge in [0, 0.05) is 31.7 Å². The van der Waals surface area contributed by atoms with Crippen molar-refractivity contribution in [1.29, 1.82) is 0 Å². The van der Waals surface area contributed by atoms with Crippen LogP contribution in [0.3, 0.4) is 0 Å². The summed E-state index contributed by atoms with van der Waals surface area (Å²) < 4.78 is 0. The Labute approximate surface area is 91.0 Å². The van der Waals surface area contributed by atoms with Crippen LogP contribution in [0, 0.1) is 0 Å². The van der Waals surface area contributed by atoms with Gasteiger partial charge in [-0.15, -0.1) is 0 Å². The van der Waals surface area contributed by atoms with Crippen molar-refractivity contribution in [2.75, 3.05) is 13.1 Å². The molecule has 0 bridgehead atoms. The van der Waals surface area contributed by atoms with Crippen molar-refractivity contribution in [3.05, 3.63) is 24.3 Å². The first-order valence-electron chi connectivity index (χ1n) is 5.21. The normalized spacial score (nSPS) is 12.1. The van der Waals surface area contributed by atoms with Crippen molar-refractivity contribution in [3.8, 4) is 0 Å². The van der Waals surface area contributed by atoms with Crippen LogP contribution in [-0.4, -0.2) is 38.7 Å². The number of hydrogen-bond acceptors (Lipinski definition) is 4. The Balaban J connectivity index is 2.55. The first kappa shape index (κ1) is 12.1. The van der Waals surface area contributed by atoms with E-state index in [0.717, 1.165) is 18.8 Å². The lowest BCUT2D eigenvalue weighted by Gasteiger charge is -2.27. The molecule has 0 atom stereocenters. The predicted octanol–water partition coefficient (Wildman–Crippen LogP) is 1.07. The minimum absolute atomic E-state index is 0.639. The molecule has 15 heavy (non-hydrogen) atoms. The highest BCUT2D eigenvalue weighted by atomic mass is 16.3. The number of likely N-dealkylation sites (N-methyl/N-ethyl adjacent to an activating group) is 1. The molecule has 0 aliphatic carbocycles. The molecule has 1 N–H and O–H groups in total. The molecule has 0 aliphatic heterocycles. The average molecular weight is 209 g/mol. The van der Waals surface area contributed by atoms with Gasteiger partial charge in [0.1, 0.15) is 0 Å². The second-order valence-corrected chi connectivity index (χ2v) is 4.31. The van der Waals surface area contributed by atoms with E-state index in [2.05, 4.69) is 21.8 Å². The van der Waals surface area contributed by atoms with Crippen LogP contribution in [0.15, 0.2) is 18.6 Å². The van der Waals surface area contributed by atoms with Crippen LogP contribution < -0.4 is 0 Å². The third kappa shape index (κ3) is 4.85. The molecule has 0 saturated heterocycles. The van der Waals surface area contributed by atoms with Crippen LogP contribution in [0.25, 0.3) is 0 Å². The smallest absolute Gasteiger partial charge is 0.0726 e. The molecule has 4 heteroatoms. The van der Waals surface area contributed by atoms with Crippen LogP contribution in [0.5, 0.6) is 0 Å². The minimum Gasteiger partial charge on any atom is -0.389 e. The number of rotatable bonds is 5. The maximum absolute atomic E-state index is 9.72. The molecule has 0 spiro atoms. The Bertz CT molecular complexity index is 282. The third-order valence-corrected chi connectivity index (χ3v) is 2.06. The van der Waals surface area contributed by atoms with Gasteiger partial charge in [-0.3, -0.25) is 14.9 Å². The highest BCUT2D eigenvalue weighted by molar-refractivity contribution is 4.94. The Kier molecular flexibility index (Phi) is 4.17. The van der Waals surface area contributed by atoms with Gasteiger partial charge in [0.15, 0.2) is 0 Å². The van der Waals surface area contributed by atoms with Crippen molar-refractivity contribution in [2.24, 2.45) is 0 Å². The molecule has 0 aliphatic rings. The van der Waals surface area contributed by atoms with Crippen LogP contribution in [0.2, 0.25) is 0 Å². The second kappa shape index (κ2) is 5.19. The fourth-order valence-electron chi connectivity index (χ4n) is 1.47. The molecule has 0 saturated carbocycles. The zero-order valence-electron chi connectivity index (χ0n) is 9.64. The van der Waals surface area contributed by atoms with Crippen molar-refractivity contribution in [2.45, 2.75) is 32.9 Å². The van der Waals surface area contributed by atoms with Crippen LogP contribution in [0.1, 0.15) is 26.5 Å². The second-order valence-electron chi connectivity index (χ2n) is 4.31. The molecule has 1 aromatic rings. The van der Waals surface area contributed by atoms with Crippen LogP contribution in [0.4, 0.5) is 0 Å². The molecule has 1 rings (SSSR count). The first-order chi connectivity index (χ1) is 7.01. The van der Waals surface area contributed by atoms with E-state index in [1.807, 2.05) is 13.8 Å². The molecule has 1 heterocycles. The molecule has 0 unspecified atom stereocenters. The molecule has 0 radical (unpaired) electrons. The van der Waals surface area contributed by atoms with Crippen molar-refractivity contribution < 1.29 is 5.11 Å². The van der Waals surface area contributed by atoms with Gasteiger partial charge >= 0.3 is 0 Å². The summed E-state index contributed by atoms with van der Waals surface area (Å²) in [5.41, 5.74) is 0.265. The maximum atomic E-state index is 9.72. The van der Waals surface area contributed by atoms with Gasteiger partial charge in [0.25, 0.3) is 0 Å². The topological polar surface area (TPSA) is 49.2 Å². The molecular formula is C11H19N3O. The summed E-state index contributed by atoms with van der Waals surface area (Å²) in [6.07, 6.45) is 5.11. The fourth-order valence-corrected chi connectivity index (χ4v) is 1.47. The van der Waals surface area contributed by atoms with E-state index in [1.165, 1.54) is 0 Å². The average Bonchev–Trinajstić information content (AvgIpc) is 2.16. The minimum atomic E-state index is -0.668. The lowest BCUT2D eigenvalue weighted by Crippen LogP contribution is -2.38. The van der Waals surface area contributed by atoms with Crippen molar-refractivity contribution >= 4 is 0 Å². The summed E-state index contributed by atoms with van der Waals surface area (Å²) >= 11 is 0.